The molecule has 0 aliphatic carbocycles. The second-order valence-electron chi connectivity index (χ2n) is 5.95. The average molecular weight is 301 g/mol. The van der Waals surface area contributed by atoms with Gasteiger partial charge in [-0.25, -0.2) is 0 Å². The third-order valence-corrected chi connectivity index (χ3v) is 4.24. The molecule has 1 aliphatic heterocycles. The largest absolute Gasteiger partial charge is 0.292 e. The SMILES string of the molecule is C(#CCN1CCCCC1)C=C(c1ccccc1)c1ccccc1. The molecule has 2 aromatic carbocycles. The van der Waals surface area contributed by atoms with Gasteiger partial charge in [0, 0.05) is 0 Å². The van der Waals surface area contributed by atoms with E-state index >= 15 is 0 Å². The summed E-state index contributed by atoms with van der Waals surface area (Å²) in [5.74, 6) is 6.60. The van der Waals surface area contributed by atoms with Crippen molar-refractivity contribution < 1.29 is 0 Å². The second kappa shape index (κ2) is 8.36. The van der Waals surface area contributed by atoms with Crippen LogP contribution in [-0.4, -0.2) is 24.5 Å². The van der Waals surface area contributed by atoms with Crippen molar-refractivity contribution in [1.82, 2.24) is 4.90 Å². The highest BCUT2D eigenvalue weighted by atomic mass is 15.1. The van der Waals surface area contributed by atoms with Crippen LogP contribution in [0.4, 0.5) is 0 Å². The van der Waals surface area contributed by atoms with E-state index in [1.165, 1.54) is 49.1 Å². The van der Waals surface area contributed by atoms with Crippen molar-refractivity contribution in [2.75, 3.05) is 19.6 Å². The van der Waals surface area contributed by atoms with E-state index in [1.54, 1.807) is 0 Å². The zero-order chi connectivity index (χ0) is 15.7. The van der Waals surface area contributed by atoms with Gasteiger partial charge in [-0.1, -0.05) is 78.9 Å². The van der Waals surface area contributed by atoms with Crippen LogP contribution in [0, 0.1) is 11.8 Å². The normalized spacial score (nSPS) is 14.6. The van der Waals surface area contributed by atoms with Crippen LogP contribution in [0.1, 0.15) is 30.4 Å². The molecule has 0 saturated carbocycles. The van der Waals surface area contributed by atoms with Gasteiger partial charge in [0.2, 0.25) is 0 Å². The predicted octanol–water partition coefficient (Wildman–Crippen LogP) is 4.61. The molecule has 23 heavy (non-hydrogen) atoms. The van der Waals surface area contributed by atoms with Crippen molar-refractivity contribution in [1.29, 1.82) is 0 Å². The Hall–Kier alpha value is -2.30. The summed E-state index contributed by atoms with van der Waals surface area (Å²) in [4.78, 5) is 2.45. The Balaban J connectivity index is 1.78. The van der Waals surface area contributed by atoms with Crippen LogP contribution >= 0.6 is 0 Å². The molecule has 1 heterocycles. The maximum absolute atomic E-state index is 3.32. The maximum Gasteiger partial charge on any atom is 0.0605 e. The highest BCUT2D eigenvalue weighted by Crippen LogP contribution is 2.22. The summed E-state index contributed by atoms with van der Waals surface area (Å²) < 4.78 is 0. The van der Waals surface area contributed by atoms with Crippen molar-refractivity contribution in [3.8, 4) is 11.8 Å². The van der Waals surface area contributed by atoms with Crippen LogP contribution in [-0.2, 0) is 0 Å². The molecule has 1 aliphatic rings. The van der Waals surface area contributed by atoms with Gasteiger partial charge in [-0.2, -0.15) is 0 Å². The van der Waals surface area contributed by atoms with Gasteiger partial charge in [0.05, 0.1) is 6.54 Å². The van der Waals surface area contributed by atoms with E-state index in [1.807, 2.05) is 12.1 Å². The van der Waals surface area contributed by atoms with Gasteiger partial charge >= 0.3 is 0 Å². The summed E-state index contributed by atoms with van der Waals surface area (Å²) in [6.07, 6.45) is 6.07. The molecule has 116 valence electrons. The Kier molecular flexibility index (Phi) is 5.67. The molecule has 3 rings (SSSR count). The van der Waals surface area contributed by atoms with Crippen LogP contribution in [0.3, 0.4) is 0 Å². The Labute approximate surface area is 139 Å². The third-order valence-electron chi connectivity index (χ3n) is 4.24. The topological polar surface area (TPSA) is 3.24 Å². The number of likely N-dealkylation sites (tertiary alicyclic amines) is 1. The van der Waals surface area contributed by atoms with E-state index < -0.39 is 0 Å². The fourth-order valence-corrected chi connectivity index (χ4v) is 2.97. The predicted molar refractivity (Wildman–Crippen MR) is 98.0 cm³/mol. The van der Waals surface area contributed by atoms with Crippen LogP contribution in [0.2, 0.25) is 0 Å². The first kappa shape index (κ1) is 15.6. The minimum atomic E-state index is 0.882. The number of hydrogen-bond donors (Lipinski definition) is 0. The molecule has 0 amide bonds. The van der Waals surface area contributed by atoms with E-state index in [4.69, 9.17) is 0 Å². The molecule has 0 bridgehead atoms. The molecule has 1 saturated heterocycles. The minimum absolute atomic E-state index is 0.882. The van der Waals surface area contributed by atoms with E-state index in [0.717, 1.165) is 6.54 Å². The van der Waals surface area contributed by atoms with Gasteiger partial charge in [-0.05, 0) is 48.7 Å². The van der Waals surface area contributed by atoms with Gasteiger partial charge in [-0.15, -0.1) is 0 Å². The summed E-state index contributed by atoms with van der Waals surface area (Å²) in [5.41, 5.74) is 3.62. The molecule has 0 atom stereocenters. The zero-order valence-electron chi connectivity index (χ0n) is 13.5. The number of benzene rings is 2. The first-order chi connectivity index (χ1) is 11.4. The summed E-state index contributed by atoms with van der Waals surface area (Å²) >= 11 is 0. The molecule has 0 aromatic heterocycles. The fourth-order valence-electron chi connectivity index (χ4n) is 2.97. The molecule has 2 aromatic rings. The summed E-state index contributed by atoms with van der Waals surface area (Å²) in [6.45, 7) is 3.28. The van der Waals surface area contributed by atoms with Gasteiger partial charge < -0.3 is 0 Å². The van der Waals surface area contributed by atoms with Crippen molar-refractivity contribution in [3.63, 3.8) is 0 Å². The fraction of sp³-hybridized carbons (Fsp3) is 0.273. The maximum atomic E-state index is 3.32. The smallest absolute Gasteiger partial charge is 0.0605 e. The van der Waals surface area contributed by atoms with Crippen molar-refractivity contribution in [3.05, 3.63) is 77.9 Å². The number of hydrogen-bond acceptors (Lipinski definition) is 1. The number of piperidine rings is 1. The Morgan fingerprint density at radius 1 is 0.826 bits per heavy atom. The first-order valence-corrected chi connectivity index (χ1v) is 8.45. The van der Waals surface area contributed by atoms with Crippen molar-refractivity contribution in [2.24, 2.45) is 0 Å². The quantitative estimate of drug-likeness (QED) is 0.748. The van der Waals surface area contributed by atoms with Crippen molar-refractivity contribution >= 4 is 5.57 Å². The summed E-state index contributed by atoms with van der Waals surface area (Å²) in [5, 5.41) is 0. The van der Waals surface area contributed by atoms with E-state index in [0.29, 0.717) is 0 Å². The van der Waals surface area contributed by atoms with E-state index in [9.17, 15) is 0 Å². The van der Waals surface area contributed by atoms with Crippen molar-refractivity contribution in [2.45, 2.75) is 19.3 Å². The number of nitrogens with zero attached hydrogens (tertiary/aromatic N) is 1. The summed E-state index contributed by atoms with van der Waals surface area (Å²) in [6, 6.07) is 21.0. The lowest BCUT2D eigenvalue weighted by molar-refractivity contribution is 0.255. The van der Waals surface area contributed by atoms with Gasteiger partial charge in [-0.3, -0.25) is 4.90 Å². The van der Waals surface area contributed by atoms with E-state index in [-0.39, 0.29) is 0 Å². The number of allylic oxidation sites excluding steroid dienone is 1. The van der Waals surface area contributed by atoms with Gasteiger partial charge in [0.15, 0.2) is 0 Å². The lowest BCUT2D eigenvalue weighted by atomic mass is 9.98. The average Bonchev–Trinajstić information content (AvgIpc) is 2.64. The molecular weight excluding hydrogens is 278 g/mol. The number of rotatable bonds is 3. The van der Waals surface area contributed by atoms with Crippen LogP contribution in [0.25, 0.3) is 5.57 Å². The van der Waals surface area contributed by atoms with Crippen LogP contribution in [0.5, 0.6) is 0 Å². The molecule has 1 fully saturated rings. The highest BCUT2D eigenvalue weighted by molar-refractivity contribution is 5.81. The highest BCUT2D eigenvalue weighted by Gasteiger charge is 2.07. The molecule has 0 spiro atoms. The van der Waals surface area contributed by atoms with Crippen LogP contribution in [0.15, 0.2) is 66.7 Å². The van der Waals surface area contributed by atoms with Gasteiger partial charge in [0.25, 0.3) is 0 Å². The summed E-state index contributed by atoms with van der Waals surface area (Å²) in [7, 11) is 0. The molecule has 0 radical (unpaired) electrons. The lowest BCUT2D eigenvalue weighted by Gasteiger charge is -2.23. The molecule has 0 N–H and O–H groups in total. The molecule has 1 nitrogen and oxygen atoms in total. The lowest BCUT2D eigenvalue weighted by Crippen LogP contribution is -2.29. The second-order valence-corrected chi connectivity index (χ2v) is 5.95. The molecule has 0 unspecified atom stereocenters. The monoisotopic (exact) mass is 301 g/mol. The Morgan fingerprint density at radius 2 is 1.39 bits per heavy atom. The molecule has 1 heteroatoms. The van der Waals surface area contributed by atoms with E-state index in [2.05, 4.69) is 71.3 Å². The Bertz CT molecular complexity index is 642. The Morgan fingerprint density at radius 3 is 1.96 bits per heavy atom. The first-order valence-electron chi connectivity index (χ1n) is 8.45. The zero-order valence-corrected chi connectivity index (χ0v) is 13.5. The van der Waals surface area contributed by atoms with Gasteiger partial charge in [0.1, 0.15) is 0 Å². The standard InChI is InChI=1S/C22H23N/c1-4-12-20(13-5-1)22(21-14-6-2-7-15-21)16-8-11-19-23-17-9-3-10-18-23/h1-2,4-7,12-16H,3,9-10,17-19H2. The van der Waals surface area contributed by atoms with Crippen LogP contribution < -0.4 is 0 Å². The third kappa shape index (κ3) is 4.58. The molecular formula is C22H23N. The minimum Gasteiger partial charge on any atom is -0.292 e.